The van der Waals surface area contributed by atoms with Gasteiger partial charge in [-0.1, -0.05) is 72.3 Å². The third kappa shape index (κ3) is 6.20. The molecule has 0 heterocycles. The molecule has 0 bridgehead atoms. The van der Waals surface area contributed by atoms with E-state index >= 15 is 0 Å². The molecule has 3 aromatic carbocycles. The van der Waals surface area contributed by atoms with Crippen LogP contribution in [0.2, 0.25) is 0 Å². The Hall–Kier alpha value is -3.60. The summed E-state index contributed by atoms with van der Waals surface area (Å²) < 4.78 is 5.35. The van der Waals surface area contributed by atoms with Gasteiger partial charge in [0.15, 0.2) is 0 Å². The lowest BCUT2D eigenvalue weighted by molar-refractivity contribution is -0.140. The highest BCUT2D eigenvalue weighted by Gasteiger charge is 2.29. The standard InChI is InChI=1S/C27H30N2O3/c1-20-9-7-12-22(15-20)18-26(30)29(19-23-13-8-14-24(16-23)32-3)25(27(31)28-2)17-21-10-5-4-6-11-21/h4-16,25H,17-19H2,1-3H3,(H,28,31)/t25-/m1/s1. The van der Waals surface area contributed by atoms with Gasteiger partial charge >= 0.3 is 0 Å². The van der Waals surface area contributed by atoms with E-state index in [0.29, 0.717) is 18.7 Å². The molecule has 0 aliphatic carbocycles. The molecule has 3 rings (SSSR count). The topological polar surface area (TPSA) is 58.6 Å². The predicted molar refractivity (Wildman–Crippen MR) is 126 cm³/mol. The van der Waals surface area contributed by atoms with Crippen molar-refractivity contribution >= 4 is 11.8 Å². The average Bonchev–Trinajstić information content (AvgIpc) is 2.81. The SMILES string of the molecule is CNC(=O)[C@@H](Cc1ccccc1)N(Cc1cccc(OC)c1)C(=O)Cc1cccc(C)c1. The maximum absolute atomic E-state index is 13.5. The number of likely N-dealkylation sites (N-methyl/N-ethyl adjacent to an activating group) is 1. The average molecular weight is 431 g/mol. The molecule has 0 aliphatic rings. The first kappa shape index (κ1) is 23.1. The second kappa shape index (κ2) is 11.1. The molecule has 0 saturated carbocycles. The molecule has 0 aliphatic heterocycles. The molecule has 0 aromatic heterocycles. The molecule has 166 valence electrons. The Bertz CT molecular complexity index is 1050. The smallest absolute Gasteiger partial charge is 0.242 e. The van der Waals surface area contributed by atoms with Gasteiger partial charge in [0.05, 0.1) is 13.5 Å². The van der Waals surface area contributed by atoms with Crippen LogP contribution in [0.1, 0.15) is 22.3 Å². The zero-order valence-electron chi connectivity index (χ0n) is 18.9. The first-order valence-corrected chi connectivity index (χ1v) is 10.7. The van der Waals surface area contributed by atoms with Gasteiger partial charge in [-0.05, 0) is 35.7 Å². The van der Waals surface area contributed by atoms with Crippen molar-refractivity contribution in [1.82, 2.24) is 10.2 Å². The van der Waals surface area contributed by atoms with Crippen LogP contribution < -0.4 is 10.1 Å². The molecule has 2 amide bonds. The van der Waals surface area contributed by atoms with Gasteiger partial charge in [0, 0.05) is 20.0 Å². The normalized spacial score (nSPS) is 11.5. The molecule has 0 saturated heterocycles. The van der Waals surface area contributed by atoms with Crippen LogP contribution in [0.3, 0.4) is 0 Å². The number of ether oxygens (including phenoxy) is 1. The second-order valence-electron chi connectivity index (χ2n) is 7.86. The van der Waals surface area contributed by atoms with Crippen molar-refractivity contribution in [2.24, 2.45) is 0 Å². The molecule has 0 spiro atoms. The second-order valence-corrected chi connectivity index (χ2v) is 7.86. The van der Waals surface area contributed by atoms with E-state index in [1.165, 1.54) is 0 Å². The van der Waals surface area contributed by atoms with E-state index in [4.69, 9.17) is 4.74 Å². The molecule has 32 heavy (non-hydrogen) atoms. The molecule has 5 heteroatoms. The molecular formula is C27H30N2O3. The lowest BCUT2D eigenvalue weighted by atomic mass is 10.0. The summed E-state index contributed by atoms with van der Waals surface area (Å²) in [7, 11) is 3.22. The Morgan fingerprint density at radius 1 is 0.906 bits per heavy atom. The van der Waals surface area contributed by atoms with Crippen LogP contribution in [0.25, 0.3) is 0 Å². The highest BCUT2D eigenvalue weighted by molar-refractivity contribution is 5.88. The number of nitrogens with one attached hydrogen (secondary N) is 1. The summed E-state index contributed by atoms with van der Waals surface area (Å²) in [4.78, 5) is 28.2. The van der Waals surface area contributed by atoms with Crippen molar-refractivity contribution in [3.05, 3.63) is 101 Å². The zero-order chi connectivity index (χ0) is 22.9. The van der Waals surface area contributed by atoms with Gasteiger partial charge in [-0.25, -0.2) is 0 Å². The van der Waals surface area contributed by atoms with E-state index in [1.54, 1.807) is 19.1 Å². The quantitative estimate of drug-likeness (QED) is 0.560. The molecule has 3 aromatic rings. The van der Waals surface area contributed by atoms with Gasteiger partial charge in [0.2, 0.25) is 11.8 Å². The van der Waals surface area contributed by atoms with Crippen LogP contribution in [-0.2, 0) is 29.0 Å². The highest BCUT2D eigenvalue weighted by Crippen LogP contribution is 2.19. The summed E-state index contributed by atoms with van der Waals surface area (Å²) in [6, 6.07) is 24.6. The van der Waals surface area contributed by atoms with Crippen molar-refractivity contribution in [1.29, 1.82) is 0 Å². The Labute approximate surface area is 190 Å². The monoisotopic (exact) mass is 430 g/mol. The molecule has 1 N–H and O–H groups in total. The molecule has 0 radical (unpaired) electrons. The van der Waals surface area contributed by atoms with Crippen LogP contribution in [0.15, 0.2) is 78.9 Å². The van der Waals surface area contributed by atoms with Crippen LogP contribution in [0, 0.1) is 6.92 Å². The first-order chi connectivity index (χ1) is 15.5. The van der Waals surface area contributed by atoms with E-state index in [2.05, 4.69) is 5.32 Å². The summed E-state index contributed by atoms with van der Waals surface area (Å²) in [6.45, 7) is 2.32. The predicted octanol–water partition coefficient (Wildman–Crippen LogP) is 3.93. The third-order valence-corrected chi connectivity index (χ3v) is 5.44. The van der Waals surface area contributed by atoms with Crippen LogP contribution in [0.4, 0.5) is 0 Å². The van der Waals surface area contributed by atoms with E-state index in [1.807, 2.05) is 85.8 Å². The van der Waals surface area contributed by atoms with Crippen molar-refractivity contribution in [3.63, 3.8) is 0 Å². The molecule has 0 unspecified atom stereocenters. The number of benzene rings is 3. The highest BCUT2D eigenvalue weighted by atomic mass is 16.5. The van der Waals surface area contributed by atoms with Gasteiger partial charge in [-0.3, -0.25) is 9.59 Å². The number of rotatable bonds is 9. The zero-order valence-corrected chi connectivity index (χ0v) is 18.9. The Morgan fingerprint density at radius 3 is 2.28 bits per heavy atom. The minimum atomic E-state index is -0.633. The van der Waals surface area contributed by atoms with E-state index in [-0.39, 0.29) is 18.2 Å². The Kier molecular flexibility index (Phi) is 8.03. The number of nitrogens with zero attached hydrogens (tertiary/aromatic N) is 1. The Morgan fingerprint density at radius 2 is 1.59 bits per heavy atom. The largest absolute Gasteiger partial charge is 0.497 e. The fourth-order valence-corrected chi connectivity index (χ4v) is 3.79. The van der Waals surface area contributed by atoms with E-state index in [0.717, 1.165) is 22.3 Å². The number of carbonyl (C=O) groups is 2. The number of amides is 2. The molecular weight excluding hydrogens is 400 g/mol. The molecule has 1 atom stereocenters. The van der Waals surface area contributed by atoms with Crippen molar-refractivity contribution in [2.75, 3.05) is 14.2 Å². The fraction of sp³-hybridized carbons (Fsp3) is 0.259. The maximum Gasteiger partial charge on any atom is 0.242 e. The summed E-state index contributed by atoms with van der Waals surface area (Å²) in [5, 5.41) is 2.74. The maximum atomic E-state index is 13.5. The third-order valence-electron chi connectivity index (χ3n) is 5.44. The van der Waals surface area contributed by atoms with Crippen molar-refractivity contribution < 1.29 is 14.3 Å². The van der Waals surface area contributed by atoms with E-state index in [9.17, 15) is 9.59 Å². The summed E-state index contributed by atoms with van der Waals surface area (Å²) in [5.74, 6) is 0.436. The Balaban J connectivity index is 1.95. The fourth-order valence-electron chi connectivity index (χ4n) is 3.79. The van der Waals surface area contributed by atoms with Gasteiger partial charge in [0.1, 0.15) is 11.8 Å². The summed E-state index contributed by atoms with van der Waals surface area (Å²) in [5.41, 5.74) is 3.94. The van der Waals surface area contributed by atoms with Gasteiger partial charge < -0.3 is 15.0 Å². The lowest BCUT2D eigenvalue weighted by Gasteiger charge is -2.31. The minimum absolute atomic E-state index is 0.0945. The van der Waals surface area contributed by atoms with Gasteiger partial charge in [-0.15, -0.1) is 0 Å². The first-order valence-electron chi connectivity index (χ1n) is 10.7. The van der Waals surface area contributed by atoms with Crippen LogP contribution in [-0.4, -0.2) is 36.9 Å². The summed E-state index contributed by atoms with van der Waals surface area (Å²) >= 11 is 0. The number of hydrogen-bond donors (Lipinski definition) is 1. The number of carbonyl (C=O) groups excluding carboxylic acids is 2. The molecule has 5 nitrogen and oxygen atoms in total. The molecule has 0 fully saturated rings. The minimum Gasteiger partial charge on any atom is -0.497 e. The number of aryl methyl sites for hydroxylation is 1. The summed E-state index contributed by atoms with van der Waals surface area (Å²) in [6.07, 6.45) is 0.665. The van der Waals surface area contributed by atoms with Gasteiger partial charge in [-0.2, -0.15) is 0 Å². The number of methoxy groups -OCH3 is 1. The van der Waals surface area contributed by atoms with Crippen LogP contribution >= 0.6 is 0 Å². The van der Waals surface area contributed by atoms with E-state index < -0.39 is 6.04 Å². The number of hydrogen-bond acceptors (Lipinski definition) is 3. The van der Waals surface area contributed by atoms with Crippen molar-refractivity contribution in [2.45, 2.75) is 32.4 Å². The van der Waals surface area contributed by atoms with Crippen LogP contribution in [0.5, 0.6) is 5.75 Å². The van der Waals surface area contributed by atoms with Gasteiger partial charge in [0.25, 0.3) is 0 Å². The van der Waals surface area contributed by atoms with Crippen molar-refractivity contribution in [3.8, 4) is 5.75 Å². The lowest BCUT2D eigenvalue weighted by Crippen LogP contribution is -2.50.